The van der Waals surface area contributed by atoms with Gasteiger partial charge in [0.05, 0.1) is 0 Å². The summed E-state index contributed by atoms with van der Waals surface area (Å²) in [6.45, 7) is 1.35. The molecule has 0 radical (unpaired) electrons. The van der Waals surface area contributed by atoms with Gasteiger partial charge >= 0.3 is 0 Å². The van der Waals surface area contributed by atoms with Crippen molar-refractivity contribution in [2.45, 2.75) is 32.4 Å². The van der Waals surface area contributed by atoms with Crippen molar-refractivity contribution in [2.24, 2.45) is 0 Å². The molecule has 0 saturated carbocycles. The zero-order chi connectivity index (χ0) is 18.5. The van der Waals surface area contributed by atoms with Crippen LogP contribution >= 0.6 is 0 Å². The minimum atomic E-state index is -0.675. The van der Waals surface area contributed by atoms with Crippen LogP contribution in [0, 0.1) is 11.6 Å². The molecule has 0 bridgehead atoms. The van der Waals surface area contributed by atoms with Crippen LogP contribution in [0.1, 0.15) is 40.7 Å². The molecular weight excluding hydrogens is 338 g/mol. The first-order valence-electron chi connectivity index (χ1n) is 8.61. The number of hydrogen-bond acceptors (Lipinski definition) is 2. The van der Waals surface area contributed by atoms with Gasteiger partial charge in [0.2, 0.25) is 5.91 Å². The quantitative estimate of drug-likeness (QED) is 0.891. The summed E-state index contributed by atoms with van der Waals surface area (Å²) in [5, 5.41) is 2.64. The zero-order valence-electron chi connectivity index (χ0n) is 14.3. The highest BCUT2D eigenvalue weighted by molar-refractivity contribution is 5.94. The van der Waals surface area contributed by atoms with Crippen LogP contribution in [0.5, 0.6) is 0 Å². The highest BCUT2D eigenvalue weighted by Gasteiger charge is 2.18. The van der Waals surface area contributed by atoms with E-state index in [0.29, 0.717) is 24.1 Å². The van der Waals surface area contributed by atoms with Crippen LogP contribution in [0.3, 0.4) is 0 Å². The monoisotopic (exact) mass is 358 g/mol. The predicted octanol–water partition coefficient (Wildman–Crippen LogP) is 3.41. The third kappa shape index (κ3) is 4.65. The number of halogens is 2. The third-order valence-electron chi connectivity index (χ3n) is 4.39. The van der Waals surface area contributed by atoms with E-state index in [1.54, 1.807) is 12.1 Å². The van der Waals surface area contributed by atoms with Gasteiger partial charge in [-0.3, -0.25) is 9.59 Å². The predicted molar refractivity (Wildman–Crippen MR) is 93.2 cm³/mol. The number of likely N-dealkylation sites (tertiary alicyclic amines) is 1. The standard InChI is InChI=1S/C20H20F2N2O2/c21-17-9-15(10-18(22)11-17)12-23-20(26)16-6-4-14(5-7-16)13-24-8-2-1-3-19(24)25/h4-7,9-11H,1-3,8,12-13H2,(H,23,26). The summed E-state index contributed by atoms with van der Waals surface area (Å²) < 4.78 is 26.3. The molecule has 1 aliphatic heterocycles. The van der Waals surface area contributed by atoms with Gasteiger partial charge in [-0.05, 0) is 48.2 Å². The van der Waals surface area contributed by atoms with Gasteiger partial charge in [-0.15, -0.1) is 0 Å². The summed E-state index contributed by atoms with van der Waals surface area (Å²) in [7, 11) is 0. The summed E-state index contributed by atoms with van der Waals surface area (Å²) in [4.78, 5) is 25.9. The van der Waals surface area contributed by atoms with E-state index >= 15 is 0 Å². The fourth-order valence-corrected chi connectivity index (χ4v) is 3.01. The molecule has 3 rings (SSSR count). The van der Waals surface area contributed by atoms with Gasteiger partial charge in [-0.1, -0.05) is 12.1 Å². The molecule has 1 saturated heterocycles. The second-order valence-electron chi connectivity index (χ2n) is 6.43. The van der Waals surface area contributed by atoms with Crippen molar-refractivity contribution in [1.29, 1.82) is 0 Å². The van der Waals surface area contributed by atoms with Crippen LogP contribution in [-0.4, -0.2) is 23.3 Å². The fraction of sp³-hybridized carbons (Fsp3) is 0.300. The Balaban J connectivity index is 1.57. The maximum Gasteiger partial charge on any atom is 0.251 e. The first-order chi connectivity index (χ1) is 12.5. The second-order valence-corrected chi connectivity index (χ2v) is 6.43. The van der Waals surface area contributed by atoms with Gasteiger partial charge in [0, 0.05) is 37.7 Å². The average molecular weight is 358 g/mol. The maximum atomic E-state index is 13.2. The Kier molecular flexibility index (Phi) is 5.61. The Bertz CT molecular complexity index is 786. The summed E-state index contributed by atoms with van der Waals surface area (Å²) in [5.74, 6) is -1.51. The lowest BCUT2D eigenvalue weighted by Crippen LogP contribution is -2.34. The van der Waals surface area contributed by atoms with E-state index in [2.05, 4.69) is 5.32 Å². The molecule has 2 amide bonds. The molecule has 26 heavy (non-hydrogen) atoms. The van der Waals surface area contributed by atoms with Crippen molar-refractivity contribution < 1.29 is 18.4 Å². The van der Waals surface area contributed by atoms with E-state index in [1.165, 1.54) is 12.1 Å². The Morgan fingerprint density at radius 1 is 1.00 bits per heavy atom. The SMILES string of the molecule is O=C(NCc1cc(F)cc(F)c1)c1ccc(CN2CCCCC2=O)cc1. The minimum Gasteiger partial charge on any atom is -0.348 e. The van der Waals surface area contributed by atoms with Gasteiger partial charge < -0.3 is 10.2 Å². The van der Waals surface area contributed by atoms with E-state index in [9.17, 15) is 18.4 Å². The van der Waals surface area contributed by atoms with Gasteiger partial charge in [-0.25, -0.2) is 8.78 Å². The molecule has 2 aromatic carbocycles. The van der Waals surface area contributed by atoms with Crippen LogP contribution < -0.4 is 5.32 Å². The number of carbonyl (C=O) groups excluding carboxylic acids is 2. The number of nitrogens with one attached hydrogen (secondary N) is 1. The molecule has 1 aliphatic rings. The number of rotatable bonds is 5. The molecule has 0 spiro atoms. The van der Waals surface area contributed by atoms with Crippen molar-refractivity contribution in [2.75, 3.05) is 6.54 Å². The van der Waals surface area contributed by atoms with Gasteiger partial charge in [-0.2, -0.15) is 0 Å². The Labute approximate surface area is 150 Å². The normalized spacial score (nSPS) is 14.4. The van der Waals surface area contributed by atoms with Crippen LogP contribution in [0.4, 0.5) is 8.78 Å². The van der Waals surface area contributed by atoms with E-state index < -0.39 is 11.6 Å². The molecule has 1 fully saturated rings. The molecule has 6 heteroatoms. The van der Waals surface area contributed by atoms with Crippen LogP contribution in [0.2, 0.25) is 0 Å². The summed E-state index contributed by atoms with van der Waals surface area (Å²) in [5.41, 5.74) is 1.77. The molecule has 0 aliphatic carbocycles. The molecule has 136 valence electrons. The first kappa shape index (κ1) is 18.0. The zero-order valence-corrected chi connectivity index (χ0v) is 14.3. The number of piperidine rings is 1. The van der Waals surface area contributed by atoms with Crippen LogP contribution in [0.15, 0.2) is 42.5 Å². The lowest BCUT2D eigenvalue weighted by molar-refractivity contribution is -0.133. The molecule has 0 atom stereocenters. The van der Waals surface area contributed by atoms with Crippen molar-refractivity contribution in [3.05, 3.63) is 70.8 Å². The summed E-state index contributed by atoms with van der Waals surface area (Å²) in [6.07, 6.45) is 2.57. The van der Waals surface area contributed by atoms with E-state index in [1.807, 2.05) is 17.0 Å². The smallest absolute Gasteiger partial charge is 0.251 e. The van der Waals surface area contributed by atoms with Crippen LogP contribution in [-0.2, 0) is 17.9 Å². The lowest BCUT2D eigenvalue weighted by Gasteiger charge is -2.26. The molecule has 1 heterocycles. The first-order valence-corrected chi connectivity index (χ1v) is 8.61. The number of carbonyl (C=O) groups is 2. The Morgan fingerprint density at radius 3 is 2.35 bits per heavy atom. The molecule has 2 aromatic rings. The Morgan fingerprint density at radius 2 is 1.69 bits per heavy atom. The largest absolute Gasteiger partial charge is 0.348 e. The van der Waals surface area contributed by atoms with Gasteiger partial charge in [0.1, 0.15) is 11.6 Å². The third-order valence-corrected chi connectivity index (χ3v) is 4.39. The van der Waals surface area contributed by atoms with Crippen molar-refractivity contribution in [3.63, 3.8) is 0 Å². The topological polar surface area (TPSA) is 49.4 Å². The molecule has 0 aromatic heterocycles. The van der Waals surface area contributed by atoms with Crippen molar-refractivity contribution >= 4 is 11.8 Å². The van der Waals surface area contributed by atoms with Crippen molar-refractivity contribution in [3.8, 4) is 0 Å². The summed E-state index contributed by atoms with van der Waals surface area (Å²) >= 11 is 0. The minimum absolute atomic E-state index is 0.0392. The number of hydrogen-bond donors (Lipinski definition) is 1. The number of nitrogens with zero attached hydrogens (tertiary/aromatic N) is 1. The molecular formula is C20H20F2N2O2. The van der Waals surface area contributed by atoms with Gasteiger partial charge in [0.25, 0.3) is 5.91 Å². The Hall–Kier alpha value is -2.76. The number of amides is 2. The van der Waals surface area contributed by atoms with Crippen LogP contribution in [0.25, 0.3) is 0 Å². The van der Waals surface area contributed by atoms with Crippen molar-refractivity contribution in [1.82, 2.24) is 10.2 Å². The van der Waals surface area contributed by atoms with E-state index in [-0.39, 0.29) is 18.4 Å². The van der Waals surface area contributed by atoms with Gasteiger partial charge in [0.15, 0.2) is 0 Å². The molecule has 1 N–H and O–H groups in total. The highest BCUT2D eigenvalue weighted by atomic mass is 19.1. The average Bonchev–Trinajstić information content (AvgIpc) is 2.61. The fourth-order valence-electron chi connectivity index (χ4n) is 3.01. The maximum absolute atomic E-state index is 13.2. The highest BCUT2D eigenvalue weighted by Crippen LogP contribution is 2.15. The van der Waals surface area contributed by atoms with E-state index in [4.69, 9.17) is 0 Å². The van der Waals surface area contributed by atoms with E-state index in [0.717, 1.165) is 31.0 Å². The number of benzene rings is 2. The molecule has 0 unspecified atom stereocenters. The summed E-state index contributed by atoms with van der Waals surface area (Å²) in [6, 6.07) is 10.2. The second kappa shape index (κ2) is 8.08. The molecule has 4 nitrogen and oxygen atoms in total. The lowest BCUT2D eigenvalue weighted by atomic mass is 10.1.